The van der Waals surface area contributed by atoms with Crippen LogP contribution in [0.3, 0.4) is 0 Å². The van der Waals surface area contributed by atoms with E-state index in [4.69, 9.17) is 4.74 Å². The van der Waals surface area contributed by atoms with E-state index in [0.717, 1.165) is 30.1 Å². The van der Waals surface area contributed by atoms with Crippen molar-refractivity contribution in [1.82, 2.24) is 20.5 Å². The molecular weight excluding hydrogens is 537 g/mol. The number of piperazine rings is 1. The molecule has 0 radical (unpaired) electrons. The zero-order chi connectivity index (χ0) is 28.8. The van der Waals surface area contributed by atoms with E-state index in [1.54, 1.807) is 36.5 Å². The number of amidine groups is 1. The lowest BCUT2D eigenvalue weighted by Crippen LogP contribution is -2.46. The van der Waals surface area contributed by atoms with Crippen LogP contribution in [0.25, 0.3) is 0 Å². The molecule has 5 rings (SSSR count). The molecule has 0 bridgehead atoms. The van der Waals surface area contributed by atoms with Crippen LogP contribution in [-0.2, 0) is 17.4 Å². The Balaban J connectivity index is 1.20. The Morgan fingerprint density at radius 2 is 1.80 bits per heavy atom. The minimum Gasteiger partial charge on any atom is -0.457 e. The first-order chi connectivity index (χ1) is 19.8. The average molecular weight is 567 g/mol. The first kappa shape index (κ1) is 28.1. The molecule has 214 valence electrons. The van der Waals surface area contributed by atoms with Gasteiger partial charge in [0.15, 0.2) is 0 Å². The second kappa shape index (κ2) is 12.4. The lowest BCUT2D eigenvalue weighted by atomic mass is 10.0. The number of aromatic nitrogens is 1. The quantitative estimate of drug-likeness (QED) is 0.382. The van der Waals surface area contributed by atoms with E-state index in [1.165, 1.54) is 11.0 Å². The van der Waals surface area contributed by atoms with Gasteiger partial charge in [0.1, 0.15) is 23.0 Å². The van der Waals surface area contributed by atoms with Crippen molar-refractivity contribution in [2.75, 3.05) is 44.6 Å². The molecule has 41 heavy (non-hydrogen) atoms. The molecule has 2 aromatic carbocycles. The summed E-state index contributed by atoms with van der Waals surface area (Å²) in [6.07, 6.45) is -2.73. The third kappa shape index (κ3) is 7.20. The van der Waals surface area contributed by atoms with Crippen LogP contribution in [0, 0.1) is 0 Å². The predicted molar refractivity (Wildman–Crippen MR) is 147 cm³/mol. The van der Waals surface area contributed by atoms with Gasteiger partial charge in [-0.05, 0) is 48.4 Å². The summed E-state index contributed by atoms with van der Waals surface area (Å²) in [6.45, 7) is 3.17. The standard InChI is InChI=1S/C29H29F3N6O3/c30-29(31,32)24-17-20(5-6-23(24)28(40)38-14-12-33-13-15-38)37-26(39)7-4-19-2-1-3-21(16-19)41-22-8-9-34-25(18-22)27-35-10-11-36-27/h1-3,5-6,8-9,16-18,33H,4,7,10-15H2,(H,35,36)(H,37,39). The molecule has 0 atom stereocenters. The summed E-state index contributed by atoms with van der Waals surface area (Å²) in [5.41, 5.74) is -0.0164. The molecule has 0 unspecified atom stereocenters. The topological polar surface area (TPSA) is 108 Å². The molecule has 9 nitrogen and oxygen atoms in total. The molecule has 0 saturated carbocycles. The SMILES string of the molecule is O=C(CCc1cccc(Oc2ccnc(C3=NCCN3)c2)c1)Nc1ccc(C(=O)N2CCNCC2)c(C(F)(F)F)c1. The third-order valence-electron chi connectivity index (χ3n) is 6.67. The van der Waals surface area contributed by atoms with Gasteiger partial charge in [-0.2, -0.15) is 13.2 Å². The van der Waals surface area contributed by atoms with E-state index in [0.29, 0.717) is 56.3 Å². The number of benzene rings is 2. The van der Waals surface area contributed by atoms with E-state index >= 15 is 0 Å². The number of halogens is 3. The van der Waals surface area contributed by atoms with E-state index in [-0.39, 0.29) is 12.1 Å². The summed E-state index contributed by atoms with van der Waals surface area (Å²) < 4.78 is 47.5. The number of ether oxygens (including phenoxy) is 1. The van der Waals surface area contributed by atoms with Gasteiger partial charge >= 0.3 is 6.18 Å². The van der Waals surface area contributed by atoms with Crippen LogP contribution < -0.4 is 20.7 Å². The zero-order valence-electron chi connectivity index (χ0n) is 22.1. The fourth-order valence-electron chi connectivity index (χ4n) is 4.64. The van der Waals surface area contributed by atoms with Crippen molar-refractivity contribution in [2.45, 2.75) is 19.0 Å². The van der Waals surface area contributed by atoms with Crippen molar-refractivity contribution in [3.05, 3.63) is 83.2 Å². The monoisotopic (exact) mass is 566 g/mol. The van der Waals surface area contributed by atoms with Gasteiger partial charge < -0.3 is 25.6 Å². The Hall–Kier alpha value is -4.45. The smallest absolute Gasteiger partial charge is 0.417 e. The molecule has 3 heterocycles. The number of alkyl halides is 3. The van der Waals surface area contributed by atoms with Crippen molar-refractivity contribution in [2.24, 2.45) is 4.99 Å². The number of nitrogens with one attached hydrogen (secondary N) is 3. The van der Waals surface area contributed by atoms with Gasteiger partial charge in [0, 0.05) is 57.1 Å². The number of nitrogens with zero attached hydrogens (tertiary/aromatic N) is 3. The van der Waals surface area contributed by atoms with Crippen molar-refractivity contribution in [3.63, 3.8) is 0 Å². The molecule has 3 aromatic rings. The molecule has 2 aliphatic rings. The highest BCUT2D eigenvalue weighted by Gasteiger charge is 2.37. The van der Waals surface area contributed by atoms with Gasteiger partial charge in [0.2, 0.25) is 5.91 Å². The van der Waals surface area contributed by atoms with Crippen LogP contribution in [0.4, 0.5) is 18.9 Å². The molecule has 0 aliphatic carbocycles. The van der Waals surface area contributed by atoms with Crippen LogP contribution in [0.2, 0.25) is 0 Å². The Kier molecular flexibility index (Phi) is 8.48. The molecule has 3 N–H and O–H groups in total. The largest absolute Gasteiger partial charge is 0.457 e. The molecule has 0 spiro atoms. The van der Waals surface area contributed by atoms with Gasteiger partial charge in [-0.25, -0.2) is 0 Å². The maximum atomic E-state index is 13.8. The second-order valence-electron chi connectivity index (χ2n) is 9.63. The number of aliphatic imine (C=N–C) groups is 1. The third-order valence-corrected chi connectivity index (χ3v) is 6.67. The van der Waals surface area contributed by atoms with Crippen LogP contribution >= 0.6 is 0 Å². The highest BCUT2D eigenvalue weighted by molar-refractivity contribution is 5.98. The fourth-order valence-corrected chi connectivity index (χ4v) is 4.64. The van der Waals surface area contributed by atoms with Crippen LogP contribution in [0.15, 0.2) is 65.8 Å². The Morgan fingerprint density at radius 1 is 1.00 bits per heavy atom. The second-order valence-corrected chi connectivity index (χ2v) is 9.63. The fraction of sp³-hybridized carbons (Fsp3) is 0.310. The number of carbonyl (C=O) groups is 2. The number of anilines is 1. The molecule has 2 amide bonds. The Labute approximate surface area is 234 Å². The minimum absolute atomic E-state index is 0.0221. The Bertz CT molecular complexity index is 1450. The summed E-state index contributed by atoms with van der Waals surface area (Å²) >= 11 is 0. The van der Waals surface area contributed by atoms with Crippen LogP contribution in [0.1, 0.15) is 33.6 Å². The summed E-state index contributed by atoms with van der Waals surface area (Å²) in [6, 6.07) is 14.0. The number of hydrogen-bond donors (Lipinski definition) is 3. The molecule has 1 fully saturated rings. The summed E-state index contributed by atoms with van der Waals surface area (Å²) in [5, 5.41) is 8.76. The zero-order valence-corrected chi connectivity index (χ0v) is 22.1. The number of aryl methyl sites for hydroxylation is 1. The van der Waals surface area contributed by atoms with E-state index < -0.39 is 29.1 Å². The van der Waals surface area contributed by atoms with E-state index in [9.17, 15) is 22.8 Å². The van der Waals surface area contributed by atoms with Crippen molar-refractivity contribution >= 4 is 23.3 Å². The highest BCUT2D eigenvalue weighted by atomic mass is 19.4. The normalized spacial score (nSPS) is 15.2. The number of rotatable bonds is 8. The predicted octanol–water partition coefficient (Wildman–Crippen LogP) is 3.86. The van der Waals surface area contributed by atoms with Crippen molar-refractivity contribution in [3.8, 4) is 11.5 Å². The maximum Gasteiger partial charge on any atom is 0.417 e. The van der Waals surface area contributed by atoms with Crippen molar-refractivity contribution < 1.29 is 27.5 Å². The Morgan fingerprint density at radius 3 is 2.56 bits per heavy atom. The number of pyridine rings is 1. The average Bonchev–Trinajstić information content (AvgIpc) is 3.52. The van der Waals surface area contributed by atoms with Gasteiger partial charge in [0.25, 0.3) is 5.91 Å². The van der Waals surface area contributed by atoms with E-state index in [2.05, 4.69) is 25.9 Å². The summed E-state index contributed by atoms with van der Waals surface area (Å²) in [5.74, 6) is 0.750. The maximum absolute atomic E-state index is 13.8. The first-order valence-corrected chi connectivity index (χ1v) is 13.3. The number of amides is 2. The molecular formula is C29H29F3N6O3. The van der Waals surface area contributed by atoms with E-state index in [1.807, 2.05) is 6.07 Å². The lowest BCUT2D eigenvalue weighted by molar-refractivity contribution is -0.138. The van der Waals surface area contributed by atoms with Gasteiger partial charge in [-0.3, -0.25) is 19.6 Å². The van der Waals surface area contributed by atoms with Gasteiger partial charge in [-0.15, -0.1) is 0 Å². The molecule has 12 heteroatoms. The lowest BCUT2D eigenvalue weighted by Gasteiger charge is -2.28. The van der Waals surface area contributed by atoms with Crippen molar-refractivity contribution in [1.29, 1.82) is 0 Å². The number of hydrogen-bond acceptors (Lipinski definition) is 7. The molecule has 1 aromatic heterocycles. The molecule has 1 saturated heterocycles. The first-order valence-electron chi connectivity index (χ1n) is 13.3. The van der Waals surface area contributed by atoms with Crippen LogP contribution in [0.5, 0.6) is 11.5 Å². The molecule has 2 aliphatic heterocycles. The summed E-state index contributed by atoms with van der Waals surface area (Å²) in [4.78, 5) is 35.5. The van der Waals surface area contributed by atoms with Gasteiger partial charge in [0.05, 0.1) is 17.7 Å². The highest BCUT2D eigenvalue weighted by Crippen LogP contribution is 2.34. The van der Waals surface area contributed by atoms with Crippen LogP contribution in [-0.4, -0.2) is 66.8 Å². The summed E-state index contributed by atoms with van der Waals surface area (Å²) in [7, 11) is 0. The number of carbonyl (C=O) groups excluding carboxylic acids is 2. The van der Waals surface area contributed by atoms with Gasteiger partial charge in [-0.1, -0.05) is 12.1 Å². The minimum atomic E-state index is -4.75.